The fourth-order valence-electron chi connectivity index (χ4n) is 1.21. The number of carbonyl (C=O) groups excluding carboxylic acids is 1. The van der Waals surface area contributed by atoms with E-state index >= 15 is 0 Å². The average molecular weight is 283 g/mol. The SMILES string of the molecule is C=CC(=O)OC(N(C)C)C(C)(C)C.O=S(=O)(O)O. The van der Waals surface area contributed by atoms with Crippen molar-refractivity contribution in [3.05, 3.63) is 12.7 Å². The first-order chi connectivity index (χ1) is 7.79. The molecule has 0 aromatic heterocycles. The van der Waals surface area contributed by atoms with Gasteiger partial charge in [-0.25, -0.2) is 4.79 Å². The predicted octanol–water partition coefficient (Wildman–Crippen LogP) is 0.997. The molecule has 0 rings (SSSR count). The van der Waals surface area contributed by atoms with Crippen molar-refractivity contribution < 1.29 is 27.1 Å². The number of ether oxygens (including phenoxy) is 1. The Hall–Kier alpha value is -0.960. The molecule has 0 aliphatic rings. The van der Waals surface area contributed by atoms with Crippen LogP contribution in [0.5, 0.6) is 0 Å². The van der Waals surface area contributed by atoms with Crippen LogP contribution in [0.3, 0.4) is 0 Å². The van der Waals surface area contributed by atoms with E-state index in [2.05, 4.69) is 6.58 Å². The smallest absolute Gasteiger partial charge is 0.394 e. The topological polar surface area (TPSA) is 104 Å². The second-order valence-electron chi connectivity index (χ2n) is 4.77. The first-order valence-corrected chi connectivity index (χ1v) is 6.38. The summed E-state index contributed by atoms with van der Waals surface area (Å²) in [4.78, 5) is 12.9. The number of rotatable bonds is 3. The number of esters is 1. The van der Waals surface area contributed by atoms with Gasteiger partial charge in [0, 0.05) is 11.5 Å². The number of carbonyl (C=O) groups is 1. The van der Waals surface area contributed by atoms with Gasteiger partial charge in [0.15, 0.2) is 6.23 Å². The molecule has 0 amide bonds. The summed E-state index contributed by atoms with van der Waals surface area (Å²) >= 11 is 0. The Morgan fingerprint density at radius 3 is 1.83 bits per heavy atom. The Morgan fingerprint density at radius 1 is 1.33 bits per heavy atom. The molecule has 0 aliphatic carbocycles. The van der Waals surface area contributed by atoms with E-state index in [0.29, 0.717) is 0 Å². The minimum Gasteiger partial charge on any atom is -0.443 e. The lowest BCUT2D eigenvalue weighted by Gasteiger charge is -2.34. The minimum absolute atomic E-state index is 0.0951. The van der Waals surface area contributed by atoms with Crippen LogP contribution >= 0.6 is 0 Å². The second kappa shape index (κ2) is 7.47. The molecule has 0 bridgehead atoms. The molecule has 1 unspecified atom stereocenters. The largest absolute Gasteiger partial charge is 0.443 e. The van der Waals surface area contributed by atoms with Gasteiger partial charge in [0.25, 0.3) is 0 Å². The van der Waals surface area contributed by atoms with Crippen LogP contribution in [-0.2, 0) is 19.9 Å². The van der Waals surface area contributed by atoms with Crippen molar-refractivity contribution in [1.29, 1.82) is 0 Å². The van der Waals surface area contributed by atoms with Gasteiger partial charge in [-0.2, -0.15) is 8.42 Å². The Morgan fingerprint density at radius 2 is 1.67 bits per heavy atom. The van der Waals surface area contributed by atoms with Crippen molar-refractivity contribution in [2.75, 3.05) is 14.1 Å². The van der Waals surface area contributed by atoms with Gasteiger partial charge < -0.3 is 4.74 Å². The van der Waals surface area contributed by atoms with Gasteiger partial charge in [-0.05, 0) is 14.1 Å². The second-order valence-corrected chi connectivity index (χ2v) is 5.67. The highest BCUT2D eigenvalue weighted by Crippen LogP contribution is 2.23. The standard InChI is InChI=1S/C10H19NO2.H2O4S/c1-7-8(12)13-9(11(5)6)10(2,3)4;1-5(2,3)4/h7,9H,1H2,2-6H3;(H2,1,2,3,4). The molecule has 1 atom stereocenters. The Balaban J connectivity index is 0. The van der Waals surface area contributed by atoms with Gasteiger partial charge in [0.05, 0.1) is 0 Å². The number of nitrogens with zero attached hydrogens (tertiary/aromatic N) is 1. The van der Waals surface area contributed by atoms with Crippen molar-refractivity contribution in [2.24, 2.45) is 5.41 Å². The van der Waals surface area contributed by atoms with E-state index in [-0.39, 0.29) is 17.6 Å². The Bertz CT molecular complexity index is 360. The zero-order valence-corrected chi connectivity index (χ0v) is 12.1. The van der Waals surface area contributed by atoms with Crippen LogP contribution < -0.4 is 0 Å². The summed E-state index contributed by atoms with van der Waals surface area (Å²) in [5.41, 5.74) is -0.0951. The summed E-state index contributed by atoms with van der Waals surface area (Å²) in [6, 6.07) is 0. The van der Waals surface area contributed by atoms with Gasteiger partial charge in [0.2, 0.25) is 0 Å². The van der Waals surface area contributed by atoms with Crippen molar-refractivity contribution in [2.45, 2.75) is 27.0 Å². The van der Waals surface area contributed by atoms with E-state index in [0.717, 1.165) is 0 Å². The maximum atomic E-state index is 11.0. The van der Waals surface area contributed by atoms with E-state index in [1.807, 2.05) is 39.8 Å². The highest BCUT2D eigenvalue weighted by atomic mass is 32.3. The number of hydrogen-bond donors (Lipinski definition) is 2. The molecule has 18 heavy (non-hydrogen) atoms. The molecule has 7 nitrogen and oxygen atoms in total. The molecule has 0 radical (unpaired) electrons. The van der Waals surface area contributed by atoms with Gasteiger partial charge in [0.1, 0.15) is 0 Å². The van der Waals surface area contributed by atoms with E-state index in [9.17, 15) is 4.79 Å². The molecule has 0 aromatic rings. The average Bonchev–Trinajstić information content (AvgIpc) is 2.08. The van der Waals surface area contributed by atoms with Crippen molar-refractivity contribution in [3.8, 4) is 0 Å². The lowest BCUT2D eigenvalue weighted by atomic mass is 9.93. The summed E-state index contributed by atoms with van der Waals surface area (Å²) < 4.78 is 36.8. The molecule has 0 aliphatic heterocycles. The lowest BCUT2D eigenvalue weighted by molar-refractivity contribution is -0.161. The molecule has 8 heteroatoms. The molecule has 0 saturated carbocycles. The normalized spacial score (nSPS) is 13.3. The van der Waals surface area contributed by atoms with Crippen LogP contribution in [0.4, 0.5) is 0 Å². The first-order valence-electron chi connectivity index (χ1n) is 4.98. The van der Waals surface area contributed by atoms with Crippen molar-refractivity contribution in [3.63, 3.8) is 0 Å². The maximum absolute atomic E-state index is 11.0. The molecule has 0 aromatic carbocycles. The van der Waals surface area contributed by atoms with Crippen LogP contribution in [0, 0.1) is 5.41 Å². The third-order valence-corrected chi connectivity index (χ3v) is 1.60. The van der Waals surface area contributed by atoms with Crippen molar-refractivity contribution in [1.82, 2.24) is 4.90 Å². The molecule has 108 valence electrons. The van der Waals surface area contributed by atoms with Gasteiger partial charge in [-0.3, -0.25) is 14.0 Å². The summed E-state index contributed by atoms with van der Waals surface area (Å²) in [5, 5.41) is 0. The zero-order chi connectivity index (χ0) is 15.1. The Kier molecular flexibility index (Phi) is 8.04. The van der Waals surface area contributed by atoms with Gasteiger partial charge in [-0.1, -0.05) is 27.4 Å². The third kappa shape index (κ3) is 13.1. The zero-order valence-electron chi connectivity index (χ0n) is 11.2. The van der Waals surface area contributed by atoms with Gasteiger partial charge >= 0.3 is 16.4 Å². The van der Waals surface area contributed by atoms with E-state index in [1.54, 1.807) is 0 Å². The monoisotopic (exact) mass is 283 g/mol. The highest BCUT2D eigenvalue weighted by molar-refractivity contribution is 7.79. The maximum Gasteiger partial charge on any atom is 0.394 e. The quantitative estimate of drug-likeness (QED) is 0.344. The van der Waals surface area contributed by atoms with Crippen LogP contribution in [0.1, 0.15) is 20.8 Å². The van der Waals surface area contributed by atoms with Gasteiger partial charge in [-0.15, -0.1) is 0 Å². The molecular weight excluding hydrogens is 262 g/mol. The van der Waals surface area contributed by atoms with E-state index < -0.39 is 10.4 Å². The minimum atomic E-state index is -4.67. The summed E-state index contributed by atoms with van der Waals surface area (Å²) in [6.45, 7) is 9.43. The first kappa shape index (κ1) is 19.4. The van der Waals surface area contributed by atoms with E-state index in [4.69, 9.17) is 22.3 Å². The van der Waals surface area contributed by atoms with Crippen LogP contribution in [0.15, 0.2) is 12.7 Å². The molecular formula is C10H21NO6S. The molecule has 0 heterocycles. The summed E-state index contributed by atoms with van der Waals surface area (Å²) in [5.74, 6) is -0.381. The summed E-state index contributed by atoms with van der Waals surface area (Å²) in [7, 11) is -0.904. The fraction of sp³-hybridized carbons (Fsp3) is 0.700. The summed E-state index contributed by atoms with van der Waals surface area (Å²) in [6.07, 6.45) is 0.959. The van der Waals surface area contributed by atoms with Crippen LogP contribution in [0.2, 0.25) is 0 Å². The third-order valence-electron chi connectivity index (χ3n) is 1.60. The molecule has 0 spiro atoms. The fourth-order valence-corrected chi connectivity index (χ4v) is 1.21. The van der Waals surface area contributed by atoms with Crippen LogP contribution in [-0.4, -0.2) is 48.7 Å². The van der Waals surface area contributed by atoms with Crippen molar-refractivity contribution >= 4 is 16.4 Å². The molecule has 0 fully saturated rings. The molecule has 2 N–H and O–H groups in total. The Labute approximate surface area is 108 Å². The highest BCUT2D eigenvalue weighted by Gasteiger charge is 2.29. The molecule has 0 saturated heterocycles. The lowest BCUT2D eigenvalue weighted by Crippen LogP contribution is -2.42. The van der Waals surface area contributed by atoms with E-state index in [1.165, 1.54) is 6.08 Å². The number of hydrogen-bond acceptors (Lipinski definition) is 5. The van der Waals surface area contributed by atoms with Crippen LogP contribution in [0.25, 0.3) is 0 Å². The predicted molar refractivity (Wildman–Crippen MR) is 67.4 cm³/mol.